The first-order valence-electron chi connectivity index (χ1n) is 10.3. The van der Waals surface area contributed by atoms with E-state index >= 15 is 0 Å². The zero-order valence-electron chi connectivity index (χ0n) is 16.6. The van der Waals surface area contributed by atoms with Gasteiger partial charge in [0.2, 0.25) is 0 Å². The number of nitrogens with zero attached hydrogens (tertiary/aromatic N) is 2. The molecular weight excluding hydrogens is 405 g/mol. The lowest BCUT2D eigenvalue weighted by atomic mass is 10.0. The van der Waals surface area contributed by atoms with Gasteiger partial charge in [0, 0.05) is 55.9 Å². The summed E-state index contributed by atoms with van der Waals surface area (Å²) in [6, 6.07) is 16.6. The van der Waals surface area contributed by atoms with Gasteiger partial charge in [0.15, 0.2) is 0 Å². The highest BCUT2D eigenvalue weighted by Crippen LogP contribution is 2.26. The van der Waals surface area contributed by atoms with Crippen molar-refractivity contribution in [3.63, 3.8) is 0 Å². The predicted octanol–water partition coefficient (Wildman–Crippen LogP) is 4.53. The van der Waals surface area contributed by atoms with Crippen LogP contribution in [-0.4, -0.2) is 48.4 Å². The van der Waals surface area contributed by atoms with Gasteiger partial charge in [0.1, 0.15) is 0 Å². The van der Waals surface area contributed by atoms with Gasteiger partial charge >= 0.3 is 0 Å². The summed E-state index contributed by atoms with van der Waals surface area (Å²) in [6.45, 7) is 5.47. The number of halogens is 2. The number of amides is 1. The Morgan fingerprint density at radius 3 is 2.62 bits per heavy atom. The van der Waals surface area contributed by atoms with Crippen molar-refractivity contribution in [2.24, 2.45) is 0 Å². The number of benzene rings is 2. The van der Waals surface area contributed by atoms with Gasteiger partial charge in [-0.05, 0) is 54.7 Å². The molecule has 1 N–H and O–H groups in total. The summed E-state index contributed by atoms with van der Waals surface area (Å²) < 4.78 is 0. The Morgan fingerprint density at radius 2 is 1.83 bits per heavy atom. The Balaban J connectivity index is 0.00000240. The molecule has 2 saturated heterocycles. The average molecular weight is 434 g/mol. The molecule has 2 aliphatic heterocycles. The van der Waals surface area contributed by atoms with E-state index in [-0.39, 0.29) is 24.4 Å². The molecule has 2 aromatic rings. The first-order valence-corrected chi connectivity index (χ1v) is 10.7. The number of carbonyl (C=O) groups is 1. The van der Waals surface area contributed by atoms with Gasteiger partial charge in [-0.15, -0.1) is 12.4 Å². The molecule has 0 bridgehead atoms. The van der Waals surface area contributed by atoms with Crippen molar-refractivity contribution < 1.29 is 4.79 Å². The zero-order valence-corrected chi connectivity index (χ0v) is 18.2. The molecule has 2 aliphatic rings. The van der Waals surface area contributed by atoms with Crippen LogP contribution in [0.1, 0.15) is 46.8 Å². The minimum Gasteiger partial charge on any atom is -0.339 e. The second-order valence-electron chi connectivity index (χ2n) is 7.80. The van der Waals surface area contributed by atoms with Gasteiger partial charge < -0.3 is 10.2 Å². The number of rotatable bonds is 4. The van der Waals surface area contributed by atoms with Crippen LogP contribution in [0, 0.1) is 0 Å². The Morgan fingerprint density at radius 1 is 1.03 bits per heavy atom. The fourth-order valence-electron chi connectivity index (χ4n) is 4.29. The van der Waals surface area contributed by atoms with Crippen LogP contribution < -0.4 is 5.32 Å². The summed E-state index contributed by atoms with van der Waals surface area (Å²) in [5, 5.41) is 4.27. The van der Waals surface area contributed by atoms with Gasteiger partial charge in [0.25, 0.3) is 5.91 Å². The molecule has 4 nitrogen and oxygen atoms in total. The van der Waals surface area contributed by atoms with Crippen molar-refractivity contribution in [1.82, 2.24) is 15.1 Å². The highest BCUT2D eigenvalue weighted by Gasteiger charge is 2.24. The van der Waals surface area contributed by atoms with E-state index in [4.69, 9.17) is 11.6 Å². The largest absolute Gasteiger partial charge is 0.339 e. The fourth-order valence-corrected chi connectivity index (χ4v) is 4.49. The molecule has 2 aromatic carbocycles. The third kappa shape index (κ3) is 5.52. The van der Waals surface area contributed by atoms with Crippen LogP contribution >= 0.6 is 24.0 Å². The molecule has 2 heterocycles. The number of likely N-dealkylation sites (tertiary alicyclic amines) is 1. The van der Waals surface area contributed by atoms with Gasteiger partial charge in [0.05, 0.1) is 0 Å². The van der Waals surface area contributed by atoms with Crippen molar-refractivity contribution in [3.05, 3.63) is 70.2 Å². The second-order valence-corrected chi connectivity index (χ2v) is 8.24. The zero-order chi connectivity index (χ0) is 19.3. The van der Waals surface area contributed by atoms with Crippen LogP contribution in [0.25, 0.3) is 0 Å². The average Bonchev–Trinajstić information content (AvgIpc) is 2.74. The molecule has 156 valence electrons. The van der Waals surface area contributed by atoms with Crippen molar-refractivity contribution >= 4 is 29.9 Å². The van der Waals surface area contributed by atoms with Gasteiger partial charge in [-0.1, -0.05) is 35.9 Å². The van der Waals surface area contributed by atoms with Crippen LogP contribution in [0.4, 0.5) is 0 Å². The minimum atomic E-state index is 0. The van der Waals surface area contributed by atoms with E-state index in [1.807, 2.05) is 29.2 Å². The highest BCUT2D eigenvalue weighted by atomic mass is 35.5. The molecule has 1 amide bonds. The quantitative estimate of drug-likeness (QED) is 0.768. The highest BCUT2D eigenvalue weighted by molar-refractivity contribution is 6.30. The molecule has 6 heteroatoms. The van der Waals surface area contributed by atoms with E-state index in [0.29, 0.717) is 0 Å². The van der Waals surface area contributed by atoms with Gasteiger partial charge in [-0.25, -0.2) is 0 Å². The van der Waals surface area contributed by atoms with E-state index in [0.717, 1.165) is 62.7 Å². The van der Waals surface area contributed by atoms with Gasteiger partial charge in [-0.2, -0.15) is 0 Å². The number of hydrogen-bond donors (Lipinski definition) is 1. The maximum atomic E-state index is 12.9. The molecule has 0 aromatic heterocycles. The normalized spacial score (nSPS) is 20.2. The molecule has 0 saturated carbocycles. The first-order chi connectivity index (χ1) is 13.7. The molecule has 1 unspecified atom stereocenters. The van der Waals surface area contributed by atoms with E-state index in [2.05, 4.69) is 34.5 Å². The Kier molecular flexibility index (Phi) is 7.96. The number of piperazine rings is 1. The van der Waals surface area contributed by atoms with Crippen LogP contribution in [-0.2, 0) is 6.54 Å². The lowest BCUT2D eigenvalue weighted by Gasteiger charge is -2.36. The third-order valence-corrected chi connectivity index (χ3v) is 6.03. The predicted molar refractivity (Wildman–Crippen MR) is 121 cm³/mol. The van der Waals surface area contributed by atoms with Crippen molar-refractivity contribution in [1.29, 1.82) is 0 Å². The van der Waals surface area contributed by atoms with Crippen LogP contribution in [0.2, 0.25) is 5.02 Å². The standard InChI is InChI=1S/C23H28ClN3O.ClH/c24-21-9-5-7-19(15-21)22-16-25-10-13-27(22)17-18-6-4-8-20(14-18)23(28)26-11-2-1-3-12-26;/h4-9,14-15,22,25H,1-3,10-13,16-17H2;1H. The van der Waals surface area contributed by atoms with Crippen LogP contribution in [0.3, 0.4) is 0 Å². The molecule has 0 radical (unpaired) electrons. The monoisotopic (exact) mass is 433 g/mol. The summed E-state index contributed by atoms with van der Waals surface area (Å²) in [4.78, 5) is 17.3. The van der Waals surface area contributed by atoms with E-state index in [1.54, 1.807) is 0 Å². The number of piperidine rings is 1. The number of hydrogen-bond acceptors (Lipinski definition) is 3. The Hall–Kier alpha value is -1.59. The fraction of sp³-hybridized carbons (Fsp3) is 0.435. The van der Waals surface area contributed by atoms with Crippen molar-refractivity contribution in [3.8, 4) is 0 Å². The molecule has 0 spiro atoms. The summed E-state index contributed by atoms with van der Waals surface area (Å²) in [5.41, 5.74) is 3.24. The third-order valence-electron chi connectivity index (χ3n) is 5.79. The summed E-state index contributed by atoms with van der Waals surface area (Å²) in [5.74, 6) is 0.174. The SMILES string of the molecule is Cl.O=C(c1cccc(CN2CCNCC2c2cccc(Cl)c2)c1)N1CCCCC1. The van der Waals surface area contributed by atoms with E-state index in [1.165, 1.54) is 17.5 Å². The van der Waals surface area contributed by atoms with Crippen molar-refractivity contribution in [2.75, 3.05) is 32.7 Å². The van der Waals surface area contributed by atoms with Crippen molar-refractivity contribution in [2.45, 2.75) is 31.8 Å². The van der Waals surface area contributed by atoms with E-state index in [9.17, 15) is 4.79 Å². The minimum absolute atomic E-state index is 0. The smallest absolute Gasteiger partial charge is 0.253 e. The molecule has 2 fully saturated rings. The lowest BCUT2D eigenvalue weighted by molar-refractivity contribution is 0.0724. The molecular formula is C23H29Cl2N3O. The summed E-state index contributed by atoms with van der Waals surface area (Å²) >= 11 is 6.22. The Bertz CT molecular complexity index is 823. The second kappa shape index (κ2) is 10.4. The lowest BCUT2D eigenvalue weighted by Crippen LogP contribution is -2.45. The molecule has 29 heavy (non-hydrogen) atoms. The van der Waals surface area contributed by atoms with E-state index < -0.39 is 0 Å². The van der Waals surface area contributed by atoms with Crippen LogP contribution in [0.15, 0.2) is 48.5 Å². The van der Waals surface area contributed by atoms with Gasteiger partial charge in [-0.3, -0.25) is 9.69 Å². The maximum Gasteiger partial charge on any atom is 0.253 e. The first kappa shape index (κ1) is 22.1. The summed E-state index contributed by atoms with van der Waals surface area (Å²) in [6.07, 6.45) is 3.47. The molecule has 4 rings (SSSR count). The Labute approximate surface area is 184 Å². The number of carbonyl (C=O) groups excluding carboxylic acids is 1. The maximum absolute atomic E-state index is 12.9. The number of nitrogens with one attached hydrogen (secondary N) is 1. The van der Waals surface area contributed by atoms with Crippen LogP contribution in [0.5, 0.6) is 0 Å². The molecule has 0 aliphatic carbocycles. The summed E-state index contributed by atoms with van der Waals surface area (Å²) in [7, 11) is 0. The molecule has 1 atom stereocenters. The topological polar surface area (TPSA) is 35.6 Å².